The summed E-state index contributed by atoms with van der Waals surface area (Å²) in [6.07, 6.45) is -0.333. The van der Waals surface area contributed by atoms with E-state index in [-0.39, 0.29) is 11.9 Å². The van der Waals surface area contributed by atoms with E-state index in [0.717, 1.165) is 5.56 Å². The number of ether oxygens (including phenoxy) is 1. The molecule has 0 fully saturated rings. The first kappa shape index (κ1) is 14.3. The fourth-order valence-corrected chi connectivity index (χ4v) is 2.33. The minimum atomic E-state index is -0.333. The Balaban J connectivity index is 2.24. The molecular formula is C14H12BrClFNO. The molecule has 0 heterocycles. The summed E-state index contributed by atoms with van der Waals surface area (Å²) in [7, 11) is 0. The second-order valence-electron chi connectivity index (χ2n) is 3.97. The first-order valence-electron chi connectivity index (χ1n) is 5.67. The highest BCUT2D eigenvalue weighted by molar-refractivity contribution is 9.10. The molecule has 2 rings (SSSR count). The van der Waals surface area contributed by atoms with E-state index in [2.05, 4.69) is 15.9 Å². The second-order valence-corrected chi connectivity index (χ2v) is 5.26. The van der Waals surface area contributed by atoms with Crippen molar-refractivity contribution in [3.63, 3.8) is 0 Å². The van der Waals surface area contributed by atoms with Crippen LogP contribution < -0.4 is 10.5 Å². The molecule has 0 spiro atoms. The average Bonchev–Trinajstić information content (AvgIpc) is 2.38. The van der Waals surface area contributed by atoms with E-state index in [1.54, 1.807) is 18.2 Å². The van der Waals surface area contributed by atoms with Gasteiger partial charge in [0.2, 0.25) is 0 Å². The van der Waals surface area contributed by atoms with Gasteiger partial charge < -0.3 is 10.5 Å². The summed E-state index contributed by atoms with van der Waals surface area (Å²) in [5, 5.41) is 0.623. The van der Waals surface area contributed by atoms with E-state index in [0.29, 0.717) is 21.8 Å². The number of rotatable bonds is 4. The van der Waals surface area contributed by atoms with Crippen molar-refractivity contribution in [2.45, 2.75) is 6.10 Å². The van der Waals surface area contributed by atoms with Crippen molar-refractivity contribution in [2.24, 2.45) is 5.73 Å². The Morgan fingerprint density at radius 1 is 1.26 bits per heavy atom. The van der Waals surface area contributed by atoms with Crippen LogP contribution in [0.5, 0.6) is 5.75 Å². The van der Waals surface area contributed by atoms with Crippen molar-refractivity contribution in [1.82, 2.24) is 0 Å². The van der Waals surface area contributed by atoms with Gasteiger partial charge in [-0.05, 0) is 51.8 Å². The summed E-state index contributed by atoms with van der Waals surface area (Å²) < 4.78 is 19.4. The molecule has 19 heavy (non-hydrogen) atoms. The molecule has 2 aromatic rings. The molecule has 0 saturated carbocycles. The van der Waals surface area contributed by atoms with Crippen LogP contribution in [0.2, 0.25) is 5.02 Å². The highest BCUT2D eigenvalue weighted by Crippen LogP contribution is 2.30. The van der Waals surface area contributed by atoms with Crippen LogP contribution in [0.15, 0.2) is 46.9 Å². The molecule has 5 heteroatoms. The predicted octanol–water partition coefficient (Wildman–Crippen LogP) is 4.32. The van der Waals surface area contributed by atoms with E-state index < -0.39 is 0 Å². The lowest BCUT2D eigenvalue weighted by molar-refractivity contribution is 0.212. The number of hydrogen-bond donors (Lipinski definition) is 1. The van der Waals surface area contributed by atoms with Crippen LogP contribution in [0.4, 0.5) is 4.39 Å². The van der Waals surface area contributed by atoms with Crippen LogP contribution >= 0.6 is 27.5 Å². The van der Waals surface area contributed by atoms with Crippen molar-refractivity contribution < 1.29 is 9.13 Å². The van der Waals surface area contributed by atoms with Gasteiger partial charge in [-0.1, -0.05) is 23.7 Å². The third-order valence-corrected chi connectivity index (χ3v) is 3.45. The second kappa shape index (κ2) is 6.37. The maximum Gasteiger partial charge on any atom is 0.136 e. The molecule has 2 nitrogen and oxygen atoms in total. The van der Waals surface area contributed by atoms with E-state index in [9.17, 15) is 4.39 Å². The monoisotopic (exact) mass is 343 g/mol. The maximum absolute atomic E-state index is 13.0. The van der Waals surface area contributed by atoms with Gasteiger partial charge in [0.25, 0.3) is 0 Å². The summed E-state index contributed by atoms with van der Waals surface area (Å²) >= 11 is 9.21. The van der Waals surface area contributed by atoms with E-state index in [1.165, 1.54) is 12.1 Å². The molecule has 0 saturated heterocycles. The first-order chi connectivity index (χ1) is 9.10. The minimum absolute atomic E-state index is 0.296. The van der Waals surface area contributed by atoms with Crippen molar-refractivity contribution in [3.8, 4) is 5.75 Å². The zero-order valence-corrected chi connectivity index (χ0v) is 12.3. The predicted molar refractivity (Wildman–Crippen MR) is 78.0 cm³/mol. The highest BCUT2D eigenvalue weighted by atomic mass is 79.9. The smallest absolute Gasteiger partial charge is 0.136 e. The molecule has 1 atom stereocenters. The summed E-state index contributed by atoms with van der Waals surface area (Å²) in [4.78, 5) is 0. The summed E-state index contributed by atoms with van der Waals surface area (Å²) in [5.74, 6) is 0.211. The zero-order valence-electron chi connectivity index (χ0n) is 9.95. The lowest BCUT2D eigenvalue weighted by atomic mass is 10.1. The lowest BCUT2D eigenvalue weighted by Crippen LogP contribution is -2.18. The fourth-order valence-electron chi connectivity index (χ4n) is 1.68. The zero-order chi connectivity index (χ0) is 13.8. The highest BCUT2D eigenvalue weighted by Gasteiger charge is 2.14. The van der Waals surface area contributed by atoms with Gasteiger partial charge in [0.05, 0.1) is 4.47 Å². The van der Waals surface area contributed by atoms with Gasteiger partial charge in [-0.25, -0.2) is 4.39 Å². The number of benzene rings is 2. The number of hydrogen-bond acceptors (Lipinski definition) is 2. The number of nitrogens with two attached hydrogens (primary N) is 1. The molecule has 100 valence electrons. The molecule has 0 aliphatic rings. The fraction of sp³-hybridized carbons (Fsp3) is 0.143. The third-order valence-electron chi connectivity index (χ3n) is 2.60. The van der Waals surface area contributed by atoms with E-state index in [4.69, 9.17) is 22.1 Å². The molecule has 0 aromatic heterocycles. The van der Waals surface area contributed by atoms with Gasteiger partial charge in [0, 0.05) is 11.6 Å². The van der Waals surface area contributed by atoms with Crippen LogP contribution in [-0.2, 0) is 0 Å². The molecule has 0 bridgehead atoms. The normalized spacial score (nSPS) is 12.2. The molecular weight excluding hydrogens is 333 g/mol. The molecule has 2 aromatic carbocycles. The SMILES string of the molecule is NCC(Oc1ccc(F)cc1Br)c1cccc(Cl)c1. The Morgan fingerprint density at radius 3 is 2.68 bits per heavy atom. The lowest BCUT2D eigenvalue weighted by Gasteiger charge is -2.19. The van der Waals surface area contributed by atoms with Crippen LogP contribution in [-0.4, -0.2) is 6.54 Å². The van der Waals surface area contributed by atoms with Gasteiger partial charge >= 0.3 is 0 Å². The molecule has 2 N–H and O–H groups in total. The summed E-state index contributed by atoms with van der Waals surface area (Å²) in [6, 6.07) is 11.6. The maximum atomic E-state index is 13.0. The quantitative estimate of drug-likeness (QED) is 0.896. The standard InChI is InChI=1S/C14H12BrClFNO/c15-12-7-11(17)4-5-13(12)19-14(8-18)9-2-1-3-10(16)6-9/h1-7,14H,8,18H2. The molecule has 1 unspecified atom stereocenters. The summed E-state index contributed by atoms with van der Waals surface area (Å²) in [6.45, 7) is 0.296. The average molecular weight is 345 g/mol. The Bertz CT molecular complexity index is 579. The van der Waals surface area contributed by atoms with Crippen molar-refractivity contribution >= 4 is 27.5 Å². The van der Waals surface area contributed by atoms with Gasteiger partial charge in [-0.15, -0.1) is 0 Å². The van der Waals surface area contributed by atoms with Crippen molar-refractivity contribution in [2.75, 3.05) is 6.54 Å². The Labute approximate surface area is 124 Å². The van der Waals surface area contributed by atoms with Crippen molar-refractivity contribution in [1.29, 1.82) is 0 Å². The van der Waals surface area contributed by atoms with Gasteiger partial charge in [-0.3, -0.25) is 0 Å². The van der Waals surface area contributed by atoms with Crippen LogP contribution in [0.25, 0.3) is 0 Å². The minimum Gasteiger partial charge on any atom is -0.483 e. The first-order valence-corrected chi connectivity index (χ1v) is 6.84. The third kappa shape index (κ3) is 3.69. The number of halogens is 3. The molecule has 0 amide bonds. The Morgan fingerprint density at radius 2 is 2.05 bits per heavy atom. The molecule has 0 radical (unpaired) electrons. The summed E-state index contributed by atoms with van der Waals surface area (Å²) in [5.41, 5.74) is 6.61. The molecule has 0 aliphatic carbocycles. The Kier molecular flexibility index (Phi) is 4.80. The topological polar surface area (TPSA) is 35.2 Å². The van der Waals surface area contributed by atoms with Crippen LogP contribution in [0, 0.1) is 5.82 Å². The Hall–Kier alpha value is -1.10. The van der Waals surface area contributed by atoms with Gasteiger partial charge in [0.15, 0.2) is 0 Å². The van der Waals surface area contributed by atoms with E-state index in [1.807, 2.05) is 12.1 Å². The van der Waals surface area contributed by atoms with E-state index >= 15 is 0 Å². The molecule has 0 aliphatic heterocycles. The largest absolute Gasteiger partial charge is 0.483 e. The van der Waals surface area contributed by atoms with Crippen LogP contribution in [0.3, 0.4) is 0 Å². The van der Waals surface area contributed by atoms with Crippen LogP contribution in [0.1, 0.15) is 11.7 Å². The van der Waals surface area contributed by atoms with Crippen molar-refractivity contribution in [3.05, 3.63) is 63.3 Å². The van der Waals surface area contributed by atoms with Gasteiger partial charge in [-0.2, -0.15) is 0 Å². The van der Waals surface area contributed by atoms with Gasteiger partial charge in [0.1, 0.15) is 17.7 Å².